The number of aryl methyl sites for hydroxylation is 1. The fraction of sp³-hybridized carbons (Fsp3) is 0.489. The quantitative estimate of drug-likeness (QED) is 0.126. The standard InChI is InChI=1S/C45H60N10O3/c1-48-43(58)13-11-34(30-56)55-40-12-10-31(26-38(40)36-8-4-18-49-45(36)55)6-5-19-51-20-14-32(15-21-51)52-22-16-33(17-23-52)53-24-25-54-35(29-53)28-50-44(47)41(54)27-39(46)37-7-2-3-9-42(37)57/h2-4,7-10,12,18,26-27,30,32-35,50,57H,5-6,11,13-17,19-25,28-29,46-47H2,1H3,(H,48,58)/b39-27-. The predicted molar refractivity (Wildman–Crippen MR) is 230 cm³/mol. The molecule has 7 N–H and O–H groups in total. The summed E-state index contributed by atoms with van der Waals surface area (Å²) >= 11 is 0. The van der Waals surface area contributed by atoms with Gasteiger partial charge in [0.05, 0.1) is 23.3 Å². The Labute approximate surface area is 341 Å². The first-order valence-electron chi connectivity index (χ1n) is 21.3. The molecule has 6 heterocycles. The van der Waals surface area contributed by atoms with Crippen molar-refractivity contribution in [2.24, 2.45) is 11.5 Å². The molecule has 8 rings (SSSR count). The zero-order chi connectivity index (χ0) is 40.2. The van der Waals surface area contributed by atoms with E-state index in [-0.39, 0.29) is 18.1 Å². The second-order valence-electron chi connectivity index (χ2n) is 16.6. The van der Waals surface area contributed by atoms with Gasteiger partial charge in [-0.2, -0.15) is 0 Å². The number of piperazine rings is 1. The van der Waals surface area contributed by atoms with Gasteiger partial charge >= 0.3 is 0 Å². The lowest BCUT2D eigenvalue weighted by atomic mass is 9.95. The van der Waals surface area contributed by atoms with E-state index in [9.17, 15) is 14.7 Å². The number of likely N-dealkylation sites (tertiary alicyclic amines) is 2. The van der Waals surface area contributed by atoms with Crippen LogP contribution >= 0.6 is 0 Å². The summed E-state index contributed by atoms with van der Waals surface area (Å²) < 4.78 is 2.01. The van der Waals surface area contributed by atoms with Crippen LogP contribution in [-0.4, -0.2) is 131 Å². The van der Waals surface area contributed by atoms with Gasteiger partial charge in [-0.05, 0) is 126 Å². The molecule has 2 aromatic heterocycles. The minimum Gasteiger partial charge on any atom is -0.507 e. The van der Waals surface area contributed by atoms with Gasteiger partial charge in [0, 0.05) is 80.0 Å². The number of carbonyl (C=O) groups is 2. The van der Waals surface area contributed by atoms with Crippen molar-refractivity contribution >= 4 is 39.8 Å². The molecule has 2 atom stereocenters. The molecule has 0 radical (unpaired) electrons. The van der Waals surface area contributed by atoms with E-state index in [1.807, 2.05) is 28.8 Å². The molecular weight excluding hydrogens is 729 g/mol. The van der Waals surface area contributed by atoms with Crippen molar-refractivity contribution in [3.8, 4) is 5.75 Å². The first-order chi connectivity index (χ1) is 28.3. The largest absolute Gasteiger partial charge is 0.507 e. The number of benzene rings is 2. The smallest absolute Gasteiger partial charge is 0.219 e. The first kappa shape index (κ1) is 39.7. The summed E-state index contributed by atoms with van der Waals surface area (Å²) in [5.41, 5.74) is 18.0. The summed E-state index contributed by atoms with van der Waals surface area (Å²) in [6.45, 7) is 9.50. The Hall–Kier alpha value is -5.11. The number of aromatic hydroxyl groups is 1. The van der Waals surface area contributed by atoms with Gasteiger partial charge in [-0.15, -0.1) is 0 Å². The minimum atomic E-state index is -0.455. The van der Waals surface area contributed by atoms with Crippen molar-refractivity contribution in [1.29, 1.82) is 0 Å². The van der Waals surface area contributed by atoms with E-state index >= 15 is 0 Å². The summed E-state index contributed by atoms with van der Waals surface area (Å²) in [5.74, 6) is 0.740. The van der Waals surface area contributed by atoms with Crippen molar-refractivity contribution in [2.75, 3.05) is 66.0 Å². The number of aldehydes is 1. The fourth-order valence-corrected chi connectivity index (χ4v) is 9.99. The third kappa shape index (κ3) is 8.39. The van der Waals surface area contributed by atoms with E-state index in [0.717, 1.165) is 92.6 Å². The number of rotatable bonds is 13. The van der Waals surface area contributed by atoms with E-state index in [4.69, 9.17) is 11.5 Å². The van der Waals surface area contributed by atoms with Gasteiger partial charge in [-0.1, -0.05) is 18.2 Å². The van der Waals surface area contributed by atoms with Crippen LogP contribution in [0, 0.1) is 0 Å². The molecular formula is C45H60N10O3. The zero-order valence-corrected chi connectivity index (χ0v) is 33.9. The third-order valence-corrected chi connectivity index (χ3v) is 13.2. The van der Waals surface area contributed by atoms with Crippen LogP contribution < -0.4 is 22.1 Å². The molecule has 0 aliphatic carbocycles. The maximum Gasteiger partial charge on any atom is 0.219 e. The number of phenolic OH excluding ortho intramolecular Hbond substituents is 1. The van der Waals surface area contributed by atoms with E-state index in [1.165, 1.54) is 44.3 Å². The molecule has 2 unspecified atom stereocenters. The molecule has 0 saturated carbocycles. The summed E-state index contributed by atoms with van der Waals surface area (Å²) in [6.07, 6.45) is 12.4. The first-order valence-corrected chi connectivity index (χ1v) is 21.3. The van der Waals surface area contributed by atoms with Crippen LogP contribution in [0.1, 0.15) is 62.1 Å². The van der Waals surface area contributed by atoms with Crippen LogP contribution in [0.5, 0.6) is 5.75 Å². The van der Waals surface area contributed by atoms with Crippen molar-refractivity contribution in [2.45, 2.75) is 75.5 Å². The fourth-order valence-electron chi connectivity index (χ4n) is 9.99. The number of para-hydroxylation sites is 1. The van der Waals surface area contributed by atoms with Gasteiger partial charge in [0.2, 0.25) is 5.91 Å². The maximum atomic E-state index is 12.2. The molecule has 4 aromatic rings. The Morgan fingerprint density at radius 3 is 2.52 bits per heavy atom. The summed E-state index contributed by atoms with van der Waals surface area (Å²) in [5, 5.41) is 18.6. The number of amides is 1. The number of hydrogen-bond donors (Lipinski definition) is 5. The maximum absolute atomic E-state index is 12.2. The van der Waals surface area contributed by atoms with Gasteiger partial charge in [-0.3, -0.25) is 9.69 Å². The highest BCUT2D eigenvalue weighted by molar-refractivity contribution is 6.07. The number of hydrogen-bond acceptors (Lipinski definition) is 11. The van der Waals surface area contributed by atoms with Gasteiger partial charge in [0.1, 0.15) is 23.5 Å². The van der Waals surface area contributed by atoms with E-state index in [1.54, 1.807) is 25.4 Å². The van der Waals surface area contributed by atoms with Crippen LogP contribution in [-0.2, 0) is 16.0 Å². The highest BCUT2D eigenvalue weighted by Crippen LogP contribution is 2.33. The Morgan fingerprint density at radius 1 is 0.966 bits per heavy atom. The zero-order valence-electron chi connectivity index (χ0n) is 33.9. The highest BCUT2D eigenvalue weighted by Gasteiger charge is 2.37. The average Bonchev–Trinajstić information content (AvgIpc) is 3.58. The molecule has 2 aromatic carbocycles. The Kier molecular flexibility index (Phi) is 12.2. The van der Waals surface area contributed by atoms with Gasteiger partial charge in [0.15, 0.2) is 0 Å². The van der Waals surface area contributed by atoms with Crippen LogP contribution in [0.2, 0.25) is 0 Å². The number of nitrogens with zero attached hydrogens (tertiary/aromatic N) is 6. The molecule has 0 bridgehead atoms. The van der Waals surface area contributed by atoms with Gasteiger partial charge in [-0.25, -0.2) is 4.98 Å². The minimum absolute atomic E-state index is 0.0702. The number of allylic oxidation sites excluding steroid dienone is 1. The van der Waals surface area contributed by atoms with E-state index in [2.05, 4.69) is 59.5 Å². The molecule has 1 amide bonds. The van der Waals surface area contributed by atoms with Crippen molar-refractivity contribution in [3.63, 3.8) is 0 Å². The number of pyridine rings is 1. The number of nitrogens with one attached hydrogen (secondary N) is 2. The molecule has 13 nitrogen and oxygen atoms in total. The highest BCUT2D eigenvalue weighted by atomic mass is 16.3. The predicted octanol–water partition coefficient (Wildman–Crippen LogP) is 3.74. The second-order valence-corrected chi connectivity index (χ2v) is 16.6. The summed E-state index contributed by atoms with van der Waals surface area (Å²) in [7, 11) is 1.62. The molecule has 308 valence electrons. The Balaban J connectivity index is 0.791. The number of aromatic nitrogens is 2. The number of fused-ring (bicyclic) bond motifs is 4. The summed E-state index contributed by atoms with van der Waals surface area (Å²) in [6, 6.07) is 18.9. The number of nitrogens with two attached hydrogens (primary N) is 2. The van der Waals surface area contributed by atoms with E-state index < -0.39 is 6.04 Å². The third-order valence-electron chi connectivity index (χ3n) is 13.2. The van der Waals surface area contributed by atoms with Crippen LogP contribution in [0.3, 0.4) is 0 Å². The van der Waals surface area contributed by atoms with Crippen molar-refractivity contribution < 1.29 is 14.7 Å². The van der Waals surface area contributed by atoms with Crippen molar-refractivity contribution in [3.05, 3.63) is 89.5 Å². The molecule has 3 saturated heterocycles. The molecule has 3 fully saturated rings. The molecule has 4 aliphatic heterocycles. The number of phenols is 1. The van der Waals surface area contributed by atoms with Crippen LogP contribution in [0.15, 0.2) is 78.4 Å². The van der Waals surface area contributed by atoms with Crippen LogP contribution in [0.25, 0.3) is 27.6 Å². The molecule has 0 spiro atoms. The van der Waals surface area contributed by atoms with Gasteiger partial charge in [0.25, 0.3) is 0 Å². The topological polar surface area (TPSA) is 161 Å². The molecule has 4 aliphatic rings. The molecule has 13 heteroatoms. The average molecular weight is 789 g/mol. The number of carbonyl (C=O) groups excluding carboxylic acids is 2. The van der Waals surface area contributed by atoms with Crippen LogP contribution in [0.4, 0.5) is 0 Å². The molecule has 58 heavy (non-hydrogen) atoms. The Bertz CT molecular complexity index is 2150. The second kappa shape index (κ2) is 17.8. The lowest BCUT2D eigenvalue weighted by Gasteiger charge is -2.50. The normalized spacial score (nSPS) is 21.3. The lowest BCUT2D eigenvalue weighted by Crippen LogP contribution is -2.62. The Morgan fingerprint density at radius 2 is 1.74 bits per heavy atom. The monoisotopic (exact) mass is 788 g/mol. The SMILES string of the molecule is CNC(=O)CCC(C=O)n1c2ccc(CCCN3CCC(N4CCC(N5CCN6C(/C=C(\N)c7ccccc7O)=C(N)NCC6C5)CC4)CC3)cc2c2cccnc21. The van der Waals surface area contributed by atoms with E-state index in [0.29, 0.717) is 41.6 Å². The summed E-state index contributed by atoms with van der Waals surface area (Å²) in [4.78, 5) is 39.4. The van der Waals surface area contributed by atoms with Gasteiger partial charge < -0.3 is 51.3 Å². The lowest BCUT2D eigenvalue weighted by molar-refractivity contribution is -0.121. The van der Waals surface area contributed by atoms with Crippen molar-refractivity contribution in [1.82, 2.24) is 39.8 Å². The number of piperidine rings is 2.